The largest absolute Gasteiger partial charge is 0.479 e. The third-order valence-electron chi connectivity index (χ3n) is 2.18. The topological polar surface area (TPSA) is 66.4 Å². The van der Waals surface area contributed by atoms with E-state index >= 15 is 0 Å². The number of anilines is 1. The monoisotopic (exact) mass is 261 g/mol. The molecule has 1 rings (SSSR count). The summed E-state index contributed by atoms with van der Waals surface area (Å²) in [6.07, 6.45) is -4.45. The molecule has 7 heteroatoms. The Labute approximate surface area is 100 Å². The van der Waals surface area contributed by atoms with Crippen molar-refractivity contribution in [1.82, 2.24) is 0 Å². The number of hydrogen-bond acceptors (Lipinski definition) is 3. The van der Waals surface area contributed by atoms with Crippen LogP contribution in [-0.4, -0.2) is 22.9 Å². The number of aliphatic carboxylic acids is 1. The van der Waals surface area contributed by atoms with Gasteiger partial charge >= 0.3 is 12.1 Å². The highest BCUT2D eigenvalue weighted by Crippen LogP contribution is 2.29. The Bertz CT molecular complexity index is 440. The molecular weight excluding hydrogens is 251 g/mol. The van der Waals surface area contributed by atoms with Gasteiger partial charge in [-0.1, -0.05) is 0 Å². The Kier molecular flexibility index (Phi) is 3.95. The van der Waals surface area contributed by atoms with Gasteiger partial charge in [-0.05, 0) is 31.2 Å². The Balaban J connectivity index is 2.86. The Morgan fingerprint density at radius 3 is 2.06 bits per heavy atom. The first-order chi connectivity index (χ1) is 8.21. The number of halogens is 3. The number of Topliss-reactive ketones (excluding diaryl/α,β-unsaturated/α-hetero) is 1. The van der Waals surface area contributed by atoms with E-state index in [0.717, 1.165) is 31.2 Å². The summed E-state index contributed by atoms with van der Waals surface area (Å²) in [4.78, 5) is 21.7. The van der Waals surface area contributed by atoms with Crippen molar-refractivity contribution in [3.05, 3.63) is 29.8 Å². The number of carboxylic acids is 1. The van der Waals surface area contributed by atoms with E-state index in [-0.39, 0.29) is 5.69 Å². The van der Waals surface area contributed by atoms with Gasteiger partial charge in [0.2, 0.25) is 0 Å². The zero-order valence-electron chi connectivity index (χ0n) is 9.28. The van der Waals surface area contributed by atoms with Crippen molar-refractivity contribution < 1.29 is 27.9 Å². The van der Waals surface area contributed by atoms with Gasteiger partial charge in [-0.3, -0.25) is 4.79 Å². The maximum atomic E-state index is 12.3. The van der Waals surface area contributed by atoms with Crippen molar-refractivity contribution in [3.63, 3.8) is 0 Å². The predicted molar refractivity (Wildman–Crippen MR) is 57.2 cm³/mol. The van der Waals surface area contributed by atoms with E-state index in [1.165, 1.54) is 0 Å². The molecule has 0 saturated heterocycles. The second kappa shape index (κ2) is 5.07. The van der Waals surface area contributed by atoms with E-state index in [1.54, 1.807) is 0 Å². The van der Waals surface area contributed by atoms with Gasteiger partial charge in [0.1, 0.15) is 0 Å². The molecule has 0 aliphatic heterocycles. The number of ketones is 1. The standard InChI is InChI=1S/C11H10F3NO3/c1-6(16)9(10(17)18)15-8-4-2-7(3-5-8)11(12,13)14/h2-5,9,15H,1H3,(H,17,18). The molecule has 1 aromatic carbocycles. The molecule has 1 aromatic rings. The van der Waals surface area contributed by atoms with Crippen LogP contribution in [0.2, 0.25) is 0 Å². The predicted octanol–water partition coefficient (Wildman–Crippen LogP) is 2.16. The molecule has 0 aromatic heterocycles. The summed E-state index contributed by atoms with van der Waals surface area (Å²) in [5.74, 6) is -2.02. The first-order valence-electron chi connectivity index (χ1n) is 4.89. The van der Waals surface area contributed by atoms with Gasteiger partial charge in [-0.2, -0.15) is 13.2 Å². The lowest BCUT2D eigenvalue weighted by Gasteiger charge is -2.13. The van der Waals surface area contributed by atoms with Gasteiger partial charge in [0, 0.05) is 5.69 Å². The normalized spacial score (nSPS) is 12.9. The van der Waals surface area contributed by atoms with Gasteiger partial charge in [0.25, 0.3) is 0 Å². The van der Waals surface area contributed by atoms with Gasteiger partial charge in [0.15, 0.2) is 11.8 Å². The van der Waals surface area contributed by atoms with Crippen LogP contribution in [0.3, 0.4) is 0 Å². The van der Waals surface area contributed by atoms with Gasteiger partial charge < -0.3 is 10.4 Å². The van der Waals surface area contributed by atoms with Gasteiger partial charge in [-0.15, -0.1) is 0 Å². The lowest BCUT2D eigenvalue weighted by molar-refractivity contribution is -0.141. The molecule has 0 spiro atoms. The van der Waals surface area contributed by atoms with E-state index in [2.05, 4.69) is 5.32 Å². The SMILES string of the molecule is CC(=O)C(Nc1ccc(C(F)(F)F)cc1)C(=O)O. The summed E-state index contributed by atoms with van der Waals surface area (Å²) >= 11 is 0. The minimum Gasteiger partial charge on any atom is -0.479 e. The minimum atomic E-state index is -4.45. The van der Waals surface area contributed by atoms with Gasteiger partial charge in [-0.25, -0.2) is 4.79 Å². The highest BCUT2D eigenvalue weighted by Gasteiger charge is 2.30. The van der Waals surface area contributed by atoms with Crippen molar-refractivity contribution in [2.45, 2.75) is 19.1 Å². The van der Waals surface area contributed by atoms with Crippen LogP contribution >= 0.6 is 0 Å². The first-order valence-corrected chi connectivity index (χ1v) is 4.89. The number of rotatable bonds is 4. The van der Waals surface area contributed by atoms with Crippen molar-refractivity contribution in [1.29, 1.82) is 0 Å². The lowest BCUT2D eigenvalue weighted by Crippen LogP contribution is -2.35. The fourth-order valence-electron chi connectivity index (χ4n) is 1.26. The molecule has 0 radical (unpaired) electrons. The van der Waals surface area contributed by atoms with E-state index in [4.69, 9.17) is 5.11 Å². The fraction of sp³-hybridized carbons (Fsp3) is 0.273. The first kappa shape index (κ1) is 14.0. The second-order valence-electron chi connectivity index (χ2n) is 3.60. The van der Waals surface area contributed by atoms with Crippen LogP contribution in [0.15, 0.2) is 24.3 Å². The molecule has 0 fully saturated rings. The van der Waals surface area contributed by atoms with Crippen LogP contribution in [0.1, 0.15) is 12.5 Å². The summed E-state index contributed by atoms with van der Waals surface area (Å²) in [6.45, 7) is 1.08. The quantitative estimate of drug-likeness (QED) is 0.815. The van der Waals surface area contributed by atoms with Crippen LogP contribution in [0.5, 0.6) is 0 Å². The molecule has 0 aliphatic rings. The molecule has 0 aliphatic carbocycles. The average molecular weight is 261 g/mol. The molecule has 1 unspecified atom stereocenters. The highest BCUT2D eigenvalue weighted by molar-refractivity contribution is 6.03. The summed E-state index contributed by atoms with van der Waals surface area (Å²) in [5.41, 5.74) is -0.714. The molecular formula is C11H10F3NO3. The zero-order chi connectivity index (χ0) is 13.9. The molecule has 4 nitrogen and oxygen atoms in total. The van der Waals surface area contributed by atoms with E-state index < -0.39 is 29.5 Å². The second-order valence-corrected chi connectivity index (χ2v) is 3.60. The lowest BCUT2D eigenvalue weighted by atomic mass is 10.1. The number of carboxylic acid groups (broad SMARTS) is 1. The molecule has 0 heterocycles. The van der Waals surface area contributed by atoms with Crippen molar-refractivity contribution in [3.8, 4) is 0 Å². The van der Waals surface area contributed by atoms with Crippen LogP contribution < -0.4 is 5.32 Å². The molecule has 18 heavy (non-hydrogen) atoms. The van der Waals surface area contributed by atoms with Crippen molar-refractivity contribution >= 4 is 17.4 Å². The van der Waals surface area contributed by atoms with E-state index in [9.17, 15) is 22.8 Å². The summed E-state index contributed by atoms with van der Waals surface area (Å²) in [5, 5.41) is 11.1. The summed E-state index contributed by atoms with van der Waals surface area (Å²) in [7, 11) is 0. The molecule has 2 N–H and O–H groups in total. The number of benzene rings is 1. The molecule has 0 saturated carbocycles. The zero-order valence-corrected chi connectivity index (χ0v) is 9.28. The summed E-state index contributed by atoms with van der Waals surface area (Å²) < 4.78 is 36.8. The maximum absolute atomic E-state index is 12.3. The van der Waals surface area contributed by atoms with Crippen molar-refractivity contribution in [2.24, 2.45) is 0 Å². The number of alkyl halides is 3. The minimum absolute atomic E-state index is 0.130. The molecule has 1 atom stereocenters. The third kappa shape index (κ3) is 3.47. The average Bonchev–Trinajstić information content (AvgIpc) is 2.24. The van der Waals surface area contributed by atoms with Crippen LogP contribution in [0, 0.1) is 0 Å². The van der Waals surface area contributed by atoms with E-state index in [1.807, 2.05) is 0 Å². The van der Waals surface area contributed by atoms with Crippen LogP contribution in [-0.2, 0) is 15.8 Å². The fourth-order valence-corrected chi connectivity index (χ4v) is 1.26. The molecule has 0 bridgehead atoms. The van der Waals surface area contributed by atoms with E-state index in [0.29, 0.717) is 0 Å². The number of carbonyl (C=O) groups is 2. The number of nitrogens with one attached hydrogen (secondary N) is 1. The summed E-state index contributed by atoms with van der Waals surface area (Å²) in [6, 6.07) is 2.29. The van der Waals surface area contributed by atoms with Gasteiger partial charge in [0.05, 0.1) is 5.56 Å². The highest BCUT2D eigenvalue weighted by atomic mass is 19.4. The molecule has 0 amide bonds. The van der Waals surface area contributed by atoms with Crippen LogP contribution in [0.25, 0.3) is 0 Å². The maximum Gasteiger partial charge on any atom is 0.416 e. The Morgan fingerprint density at radius 1 is 1.22 bits per heavy atom. The van der Waals surface area contributed by atoms with Crippen molar-refractivity contribution in [2.75, 3.05) is 5.32 Å². The number of hydrogen-bond donors (Lipinski definition) is 2. The Morgan fingerprint density at radius 2 is 1.72 bits per heavy atom. The third-order valence-corrected chi connectivity index (χ3v) is 2.18. The number of carbonyl (C=O) groups excluding carboxylic acids is 1. The smallest absolute Gasteiger partial charge is 0.416 e. The van der Waals surface area contributed by atoms with Crippen LogP contribution in [0.4, 0.5) is 18.9 Å². The Hall–Kier alpha value is -2.05. The molecule has 98 valence electrons.